The van der Waals surface area contributed by atoms with Crippen LogP contribution in [0.1, 0.15) is 59.8 Å². The third-order valence-corrected chi connectivity index (χ3v) is 6.78. The predicted molar refractivity (Wildman–Crippen MR) is 85.5 cm³/mol. The van der Waals surface area contributed by atoms with E-state index in [4.69, 9.17) is 0 Å². The molecule has 0 radical (unpaired) electrons. The zero-order chi connectivity index (χ0) is 16.1. The van der Waals surface area contributed by atoms with E-state index in [1.54, 1.807) is 6.92 Å². The molecule has 124 valence electrons. The average molecular weight is 318 g/mol. The molecule has 21 heavy (non-hydrogen) atoms. The fourth-order valence-corrected chi connectivity index (χ4v) is 4.15. The molecule has 0 aromatic carbocycles. The van der Waals surface area contributed by atoms with Gasteiger partial charge in [-0.15, -0.1) is 0 Å². The average Bonchev–Trinajstić information content (AvgIpc) is 2.52. The second-order valence-corrected chi connectivity index (χ2v) is 8.19. The van der Waals surface area contributed by atoms with Crippen LogP contribution >= 0.6 is 0 Å². The molecule has 0 spiro atoms. The van der Waals surface area contributed by atoms with E-state index in [1.165, 1.54) is 4.31 Å². The van der Waals surface area contributed by atoms with Crippen LogP contribution in [0.2, 0.25) is 0 Å². The fraction of sp³-hybridized carbons (Fsp3) is 0.933. The highest BCUT2D eigenvalue weighted by Gasteiger charge is 2.34. The van der Waals surface area contributed by atoms with Gasteiger partial charge >= 0.3 is 0 Å². The van der Waals surface area contributed by atoms with Crippen LogP contribution in [0.25, 0.3) is 0 Å². The van der Waals surface area contributed by atoms with Crippen LogP contribution in [0.5, 0.6) is 0 Å². The zero-order valence-corrected chi connectivity index (χ0v) is 14.6. The van der Waals surface area contributed by atoms with E-state index in [2.05, 4.69) is 26.1 Å². The predicted octanol–water partition coefficient (Wildman–Crippen LogP) is 2.13. The summed E-state index contributed by atoms with van der Waals surface area (Å²) in [5.74, 6) is -0.106. The van der Waals surface area contributed by atoms with Crippen molar-refractivity contribution in [2.45, 2.75) is 65.3 Å². The fourth-order valence-electron chi connectivity index (χ4n) is 2.97. The molecule has 1 amide bonds. The number of nitrogens with one attached hydrogen (secondary N) is 1. The number of carbonyl (C=O) groups is 1. The Morgan fingerprint density at radius 1 is 1.19 bits per heavy atom. The van der Waals surface area contributed by atoms with Crippen LogP contribution in [0.3, 0.4) is 0 Å². The first kappa shape index (κ1) is 18.4. The minimum Gasteiger partial charge on any atom is -0.350 e. The zero-order valence-electron chi connectivity index (χ0n) is 13.8. The Morgan fingerprint density at radius 2 is 1.76 bits per heavy atom. The Labute approximate surface area is 129 Å². The Balaban J connectivity index is 2.75. The minimum absolute atomic E-state index is 0.0107. The van der Waals surface area contributed by atoms with E-state index >= 15 is 0 Å². The van der Waals surface area contributed by atoms with E-state index in [0.29, 0.717) is 13.1 Å². The number of amides is 1. The van der Waals surface area contributed by atoms with Gasteiger partial charge in [0.2, 0.25) is 15.9 Å². The molecule has 1 atom stereocenters. The number of carbonyl (C=O) groups excluding carboxylic acids is 1. The van der Waals surface area contributed by atoms with Crippen molar-refractivity contribution in [3.63, 3.8) is 0 Å². The normalized spacial score (nSPS) is 21.2. The van der Waals surface area contributed by atoms with E-state index in [0.717, 1.165) is 32.1 Å². The third-order valence-electron chi connectivity index (χ3n) is 4.93. The quantitative estimate of drug-likeness (QED) is 0.782. The standard InChI is InChI=1S/C15H30N2O3S/c1-5-15(6-2,7-3)16-14(18)13-10-9-11-17(12-13)21(19,20)8-4/h13H,5-12H2,1-4H3,(H,16,18). The lowest BCUT2D eigenvalue weighted by Gasteiger charge is -2.36. The minimum atomic E-state index is -3.19. The van der Waals surface area contributed by atoms with Crippen LogP contribution in [-0.2, 0) is 14.8 Å². The van der Waals surface area contributed by atoms with Gasteiger partial charge < -0.3 is 5.32 Å². The van der Waals surface area contributed by atoms with Gasteiger partial charge in [-0.3, -0.25) is 4.79 Å². The van der Waals surface area contributed by atoms with E-state index in [-0.39, 0.29) is 23.1 Å². The molecule has 0 aromatic heterocycles. The van der Waals surface area contributed by atoms with Gasteiger partial charge in [0.1, 0.15) is 0 Å². The molecule has 6 heteroatoms. The van der Waals surface area contributed by atoms with Gasteiger partial charge in [0.15, 0.2) is 0 Å². The van der Waals surface area contributed by atoms with Gasteiger partial charge in [-0.2, -0.15) is 0 Å². The lowest BCUT2D eigenvalue weighted by atomic mass is 9.88. The Hall–Kier alpha value is -0.620. The number of hydrogen-bond acceptors (Lipinski definition) is 3. The SMILES string of the molecule is CCC(CC)(CC)NC(=O)C1CCCN(S(=O)(=O)CC)C1. The van der Waals surface area contributed by atoms with Gasteiger partial charge in [0, 0.05) is 18.6 Å². The van der Waals surface area contributed by atoms with Crippen molar-refractivity contribution in [2.24, 2.45) is 5.92 Å². The van der Waals surface area contributed by atoms with Crippen molar-refractivity contribution in [1.82, 2.24) is 9.62 Å². The molecule has 1 saturated heterocycles. The van der Waals surface area contributed by atoms with Crippen molar-refractivity contribution >= 4 is 15.9 Å². The second-order valence-electron chi connectivity index (χ2n) is 5.93. The number of rotatable bonds is 7. The smallest absolute Gasteiger partial charge is 0.224 e. The summed E-state index contributed by atoms with van der Waals surface area (Å²) < 4.78 is 25.4. The molecule has 0 bridgehead atoms. The number of nitrogens with zero attached hydrogens (tertiary/aromatic N) is 1. The van der Waals surface area contributed by atoms with Gasteiger partial charge in [0.05, 0.1) is 11.7 Å². The van der Waals surface area contributed by atoms with E-state index < -0.39 is 10.0 Å². The molecular formula is C15H30N2O3S. The van der Waals surface area contributed by atoms with E-state index in [1.807, 2.05) is 0 Å². The molecule has 0 aromatic rings. The van der Waals surface area contributed by atoms with Crippen molar-refractivity contribution in [3.8, 4) is 0 Å². The number of piperidine rings is 1. The first-order valence-electron chi connectivity index (χ1n) is 8.14. The largest absolute Gasteiger partial charge is 0.350 e. The summed E-state index contributed by atoms with van der Waals surface area (Å²) in [6.45, 7) is 8.77. The first-order chi connectivity index (χ1) is 9.84. The van der Waals surface area contributed by atoms with Crippen molar-refractivity contribution in [2.75, 3.05) is 18.8 Å². The Kier molecular flexibility index (Phi) is 6.66. The maximum atomic E-state index is 12.5. The lowest BCUT2D eigenvalue weighted by Crippen LogP contribution is -2.52. The van der Waals surface area contributed by atoms with Gasteiger partial charge in [-0.05, 0) is 39.0 Å². The molecule has 1 fully saturated rings. The molecule has 1 unspecified atom stereocenters. The summed E-state index contributed by atoms with van der Waals surface area (Å²) in [5, 5.41) is 3.18. The highest BCUT2D eigenvalue weighted by Crippen LogP contribution is 2.24. The molecule has 1 heterocycles. The monoisotopic (exact) mass is 318 g/mol. The van der Waals surface area contributed by atoms with Gasteiger partial charge in [-0.25, -0.2) is 12.7 Å². The number of hydrogen-bond donors (Lipinski definition) is 1. The summed E-state index contributed by atoms with van der Waals surface area (Å²) in [7, 11) is -3.19. The second kappa shape index (κ2) is 7.58. The molecule has 1 aliphatic rings. The van der Waals surface area contributed by atoms with Crippen molar-refractivity contribution in [1.29, 1.82) is 0 Å². The van der Waals surface area contributed by atoms with Crippen LogP contribution < -0.4 is 5.32 Å². The highest BCUT2D eigenvalue weighted by atomic mass is 32.2. The molecule has 0 saturated carbocycles. The van der Waals surface area contributed by atoms with Crippen LogP contribution in [0, 0.1) is 5.92 Å². The van der Waals surface area contributed by atoms with Crippen LogP contribution in [0.4, 0.5) is 0 Å². The van der Waals surface area contributed by atoms with Crippen LogP contribution in [-0.4, -0.2) is 43.0 Å². The molecule has 0 aliphatic carbocycles. The maximum absolute atomic E-state index is 12.5. The Morgan fingerprint density at radius 3 is 2.24 bits per heavy atom. The summed E-state index contributed by atoms with van der Waals surface area (Å²) in [4.78, 5) is 12.5. The van der Waals surface area contributed by atoms with E-state index in [9.17, 15) is 13.2 Å². The molecular weight excluding hydrogens is 288 g/mol. The lowest BCUT2D eigenvalue weighted by molar-refractivity contribution is -0.128. The third kappa shape index (κ3) is 4.42. The first-order valence-corrected chi connectivity index (χ1v) is 9.74. The summed E-state index contributed by atoms with van der Waals surface area (Å²) >= 11 is 0. The van der Waals surface area contributed by atoms with Crippen molar-refractivity contribution in [3.05, 3.63) is 0 Å². The molecule has 1 rings (SSSR count). The van der Waals surface area contributed by atoms with Gasteiger partial charge in [0.25, 0.3) is 0 Å². The summed E-state index contributed by atoms with van der Waals surface area (Å²) in [6.07, 6.45) is 4.23. The van der Waals surface area contributed by atoms with Crippen LogP contribution in [0.15, 0.2) is 0 Å². The summed E-state index contributed by atoms with van der Waals surface area (Å²) in [6, 6.07) is 0. The number of sulfonamides is 1. The molecule has 1 aliphatic heterocycles. The topological polar surface area (TPSA) is 66.5 Å². The Bertz CT molecular complexity index is 436. The maximum Gasteiger partial charge on any atom is 0.224 e. The molecule has 1 N–H and O–H groups in total. The summed E-state index contributed by atoms with van der Waals surface area (Å²) in [5.41, 5.74) is -0.150. The van der Waals surface area contributed by atoms with Gasteiger partial charge in [-0.1, -0.05) is 20.8 Å². The highest BCUT2D eigenvalue weighted by molar-refractivity contribution is 7.89. The molecule has 5 nitrogen and oxygen atoms in total. The van der Waals surface area contributed by atoms with Crippen molar-refractivity contribution < 1.29 is 13.2 Å².